The van der Waals surface area contributed by atoms with Crippen LogP contribution in [0.5, 0.6) is 0 Å². The van der Waals surface area contributed by atoms with Crippen molar-refractivity contribution < 1.29 is 4.74 Å². The largest absolute Gasteiger partial charge is 0.382 e. The number of aromatic nitrogens is 1. The summed E-state index contributed by atoms with van der Waals surface area (Å²) in [6.45, 7) is 5.63. The predicted octanol–water partition coefficient (Wildman–Crippen LogP) is 1.48. The highest BCUT2D eigenvalue weighted by Gasteiger charge is 2.09. The van der Waals surface area contributed by atoms with Gasteiger partial charge in [0.25, 0.3) is 0 Å². The minimum Gasteiger partial charge on any atom is -0.382 e. The van der Waals surface area contributed by atoms with E-state index in [-0.39, 0.29) is 0 Å². The van der Waals surface area contributed by atoms with Crippen LogP contribution in [0.2, 0.25) is 5.02 Å². The molecule has 1 saturated heterocycles. The van der Waals surface area contributed by atoms with Crippen molar-refractivity contribution in [3.8, 4) is 0 Å². The lowest BCUT2D eigenvalue weighted by molar-refractivity contribution is 0.0398. The van der Waals surface area contributed by atoms with E-state index in [1.54, 1.807) is 12.4 Å². The van der Waals surface area contributed by atoms with Gasteiger partial charge in [-0.3, -0.25) is 9.88 Å². The Morgan fingerprint density at radius 1 is 1.44 bits per heavy atom. The minimum atomic E-state index is 0.671. The van der Waals surface area contributed by atoms with E-state index in [1.165, 1.54) is 0 Å². The van der Waals surface area contributed by atoms with Crippen molar-refractivity contribution in [1.82, 2.24) is 9.88 Å². The topological polar surface area (TPSA) is 37.4 Å². The van der Waals surface area contributed by atoms with E-state index < -0.39 is 0 Å². The molecule has 1 aliphatic heterocycles. The van der Waals surface area contributed by atoms with E-state index >= 15 is 0 Å². The smallest absolute Gasteiger partial charge is 0.0820 e. The molecule has 1 aromatic rings. The third kappa shape index (κ3) is 3.33. The van der Waals surface area contributed by atoms with Crippen LogP contribution in [0.4, 0.5) is 5.69 Å². The SMILES string of the molecule is Clc1cnccc1NCCN1CCOCC1. The molecule has 0 atom stereocenters. The van der Waals surface area contributed by atoms with Crippen LogP contribution in [-0.4, -0.2) is 49.3 Å². The molecule has 0 radical (unpaired) electrons. The van der Waals surface area contributed by atoms with Crippen molar-refractivity contribution in [3.63, 3.8) is 0 Å². The number of nitrogens with one attached hydrogen (secondary N) is 1. The molecule has 0 aliphatic carbocycles. The minimum absolute atomic E-state index is 0.671. The van der Waals surface area contributed by atoms with Gasteiger partial charge in [0.1, 0.15) is 0 Å². The predicted molar refractivity (Wildman–Crippen MR) is 65.0 cm³/mol. The van der Waals surface area contributed by atoms with Gasteiger partial charge >= 0.3 is 0 Å². The molecular formula is C11H16ClN3O. The Labute approximate surface area is 101 Å². The van der Waals surface area contributed by atoms with Crippen molar-refractivity contribution >= 4 is 17.3 Å². The van der Waals surface area contributed by atoms with E-state index in [0.29, 0.717) is 5.02 Å². The summed E-state index contributed by atoms with van der Waals surface area (Å²) in [6, 6.07) is 1.89. The van der Waals surface area contributed by atoms with E-state index in [2.05, 4.69) is 15.2 Å². The Balaban J connectivity index is 1.73. The molecule has 16 heavy (non-hydrogen) atoms. The van der Waals surface area contributed by atoms with E-state index in [1.807, 2.05) is 6.07 Å². The fourth-order valence-electron chi connectivity index (χ4n) is 1.69. The summed E-state index contributed by atoms with van der Waals surface area (Å²) >= 11 is 5.99. The maximum atomic E-state index is 5.99. The van der Waals surface area contributed by atoms with Crippen molar-refractivity contribution in [1.29, 1.82) is 0 Å². The summed E-state index contributed by atoms with van der Waals surface area (Å²) in [4.78, 5) is 6.32. The van der Waals surface area contributed by atoms with Crippen LogP contribution in [0.15, 0.2) is 18.5 Å². The van der Waals surface area contributed by atoms with Crippen LogP contribution in [0.3, 0.4) is 0 Å². The van der Waals surface area contributed by atoms with E-state index in [9.17, 15) is 0 Å². The summed E-state index contributed by atoms with van der Waals surface area (Å²) in [6.07, 6.45) is 3.39. The maximum absolute atomic E-state index is 5.99. The Hall–Kier alpha value is -0.840. The molecule has 2 heterocycles. The molecular weight excluding hydrogens is 226 g/mol. The Kier molecular flexibility index (Phi) is 4.39. The summed E-state index contributed by atoms with van der Waals surface area (Å²) in [5.41, 5.74) is 0.949. The molecule has 88 valence electrons. The first-order chi connectivity index (χ1) is 7.86. The van der Waals surface area contributed by atoms with Crippen molar-refractivity contribution in [3.05, 3.63) is 23.5 Å². The zero-order valence-electron chi connectivity index (χ0n) is 9.16. The number of ether oxygens (including phenoxy) is 1. The standard InChI is InChI=1S/C11H16ClN3O/c12-10-9-13-2-1-11(10)14-3-4-15-5-7-16-8-6-15/h1-2,9H,3-8H2,(H,13,14). The number of hydrogen-bond donors (Lipinski definition) is 1. The maximum Gasteiger partial charge on any atom is 0.0820 e. The van der Waals surface area contributed by atoms with Crippen LogP contribution in [0.25, 0.3) is 0 Å². The highest BCUT2D eigenvalue weighted by molar-refractivity contribution is 6.33. The number of anilines is 1. The van der Waals surface area contributed by atoms with Crippen LogP contribution in [0, 0.1) is 0 Å². The molecule has 0 amide bonds. The van der Waals surface area contributed by atoms with Crippen molar-refractivity contribution in [2.45, 2.75) is 0 Å². The number of halogens is 1. The summed E-state index contributed by atoms with van der Waals surface area (Å²) in [5, 5.41) is 3.98. The number of hydrogen-bond acceptors (Lipinski definition) is 4. The molecule has 0 bridgehead atoms. The average molecular weight is 242 g/mol. The zero-order valence-corrected chi connectivity index (χ0v) is 9.91. The monoisotopic (exact) mass is 241 g/mol. The lowest BCUT2D eigenvalue weighted by atomic mass is 10.3. The highest BCUT2D eigenvalue weighted by Crippen LogP contribution is 2.18. The lowest BCUT2D eigenvalue weighted by Crippen LogP contribution is -2.39. The molecule has 0 unspecified atom stereocenters. The molecule has 1 N–H and O–H groups in total. The van der Waals surface area contributed by atoms with Gasteiger partial charge in [-0.15, -0.1) is 0 Å². The molecule has 4 nitrogen and oxygen atoms in total. The second-order valence-corrected chi connectivity index (χ2v) is 4.14. The normalized spacial score (nSPS) is 17.3. The molecule has 5 heteroatoms. The van der Waals surface area contributed by atoms with Crippen LogP contribution < -0.4 is 5.32 Å². The Morgan fingerprint density at radius 2 is 2.25 bits per heavy atom. The van der Waals surface area contributed by atoms with E-state index in [0.717, 1.165) is 45.1 Å². The number of morpholine rings is 1. The summed E-state index contributed by atoms with van der Waals surface area (Å²) in [7, 11) is 0. The summed E-state index contributed by atoms with van der Waals surface area (Å²) in [5.74, 6) is 0. The molecule has 0 saturated carbocycles. The van der Waals surface area contributed by atoms with Gasteiger partial charge < -0.3 is 10.1 Å². The third-order valence-electron chi connectivity index (χ3n) is 2.62. The lowest BCUT2D eigenvalue weighted by Gasteiger charge is -2.26. The van der Waals surface area contributed by atoms with Gasteiger partial charge in [-0.25, -0.2) is 0 Å². The number of pyridine rings is 1. The molecule has 0 aromatic carbocycles. The summed E-state index contributed by atoms with van der Waals surface area (Å²) < 4.78 is 5.29. The number of rotatable bonds is 4. The second-order valence-electron chi connectivity index (χ2n) is 3.74. The van der Waals surface area contributed by atoms with E-state index in [4.69, 9.17) is 16.3 Å². The highest BCUT2D eigenvalue weighted by atomic mass is 35.5. The Bertz CT molecular complexity index is 329. The first kappa shape index (κ1) is 11.6. The molecule has 1 fully saturated rings. The van der Waals surface area contributed by atoms with Crippen molar-refractivity contribution in [2.24, 2.45) is 0 Å². The Morgan fingerprint density at radius 3 is 3.00 bits per heavy atom. The van der Waals surface area contributed by atoms with Crippen LogP contribution >= 0.6 is 11.6 Å². The van der Waals surface area contributed by atoms with Gasteiger partial charge in [-0.1, -0.05) is 11.6 Å². The van der Waals surface area contributed by atoms with Gasteiger partial charge in [0.2, 0.25) is 0 Å². The fraction of sp³-hybridized carbons (Fsp3) is 0.545. The molecule has 2 rings (SSSR count). The molecule has 1 aromatic heterocycles. The first-order valence-electron chi connectivity index (χ1n) is 5.50. The van der Waals surface area contributed by atoms with Crippen LogP contribution in [0.1, 0.15) is 0 Å². The van der Waals surface area contributed by atoms with Gasteiger partial charge in [-0.2, -0.15) is 0 Å². The molecule has 1 aliphatic rings. The second kappa shape index (κ2) is 6.03. The van der Waals surface area contributed by atoms with Gasteiger partial charge in [-0.05, 0) is 6.07 Å². The van der Waals surface area contributed by atoms with Gasteiger partial charge in [0.05, 0.1) is 23.9 Å². The zero-order chi connectivity index (χ0) is 11.2. The van der Waals surface area contributed by atoms with Crippen molar-refractivity contribution in [2.75, 3.05) is 44.7 Å². The number of nitrogens with zero attached hydrogens (tertiary/aromatic N) is 2. The molecule has 0 spiro atoms. The van der Waals surface area contributed by atoms with Gasteiger partial charge in [0, 0.05) is 38.6 Å². The fourth-order valence-corrected chi connectivity index (χ4v) is 1.88. The third-order valence-corrected chi connectivity index (χ3v) is 2.92. The van der Waals surface area contributed by atoms with Crippen LogP contribution in [-0.2, 0) is 4.74 Å². The van der Waals surface area contributed by atoms with Gasteiger partial charge in [0.15, 0.2) is 0 Å². The quantitative estimate of drug-likeness (QED) is 0.867. The average Bonchev–Trinajstić information content (AvgIpc) is 2.33. The first-order valence-corrected chi connectivity index (χ1v) is 5.87.